The van der Waals surface area contributed by atoms with Crippen molar-refractivity contribution < 1.29 is 9.47 Å². The van der Waals surface area contributed by atoms with Crippen LogP contribution in [0.2, 0.25) is 0 Å². The second-order valence-corrected chi connectivity index (χ2v) is 7.80. The first-order valence-corrected chi connectivity index (χ1v) is 10.3. The normalized spacial score (nSPS) is 26.0. The highest BCUT2D eigenvalue weighted by molar-refractivity contribution is 5.79. The molecule has 2 aliphatic rings. The van der Waals surface area contributed by atoms with E-state index in [9.17, 15) is 0 Å². The summed E-state index contributed by atoms with van der Waals surface area (Å²) in [6.07, 6.45) is 10.5. The first-order chi connectivity index (χ1) is 12.2. The van der Waals surface area contributed by atoms with Gasteiger partial charge in [-0.3, -0.25) is 4.99 Å². The lowest BCUT2D eigenvalue weighted by atomic mass is 9.81. The summed E-state index contributed by atoms with van der Waals surface area (Å²) < 4.78 is 11.0. The standard InChI is InChI=1S/C20H39N3O2/c1-17-6-4-7-18(16-17)8-11-22-20(21-2)23-12-9-19(10-13-23)25-15-5-14-24-3/h17-19H,4-16H2,1-3H3,(H,21,22). The Morgan fingerprint density at radius 2 is 1.96 bits per heavy atom. The van der Waals surface area contributed by atoms with E-state index in [0.717, 1.165) is 69.9 Å². The van der Waals surface area contributed by atoms with Crippen LogP contribution in [0.25, 0.3) is 0 Å². The monoisotopic (exact) mass is 353 g/mol. The summed E-state index contributed by atoms with van der Waals surface area (Å²) in [6, 6.07) is 0. The van der Waals surface area contributed by atoms with Gasteiger partial charge < -0.3 is 19.7 Å². The minimum absolute atomic E-state index is 0.398. The molecule has 2 unspecified atom stereocenters. The lowest BCUT2D eigenvalue weighted by Gasteiger charge is -2.34. The van der Waals surface area contributed by atoms with Gasteiger partial charge in [0, 0.05) is 47.0 Å². The number of aliphatic imine (C=N–C) groups is 1. The van der Waals surface area contributed by atoms with Gasteiger partial charge in [0.05, 0.1) is 6.10 Å². The van der Waals surface area contributed by atoms with Gasteiger partial charge in [0.1, 0.15) is 0 Å². The fourth-order valence-corrected chi connectivity index (χ4v) is 4.23. The molecule has 25 heavy (non-hydrogen) atoms. The largest absolute Gasteiger partial charge is 0.385 e. The molecule has 1 saturated carbocycles. The molecule has 0 bridgehead atoms. The van der Waals surface area contributed by atoms with Gasteiger partial charge in [0.2, 0.25) is 0 Å². The summed E-state index contributed by atoms with van der Waals surface area (Å²) in [7, 11) is 3.64. The number of rotatable bonds is 8. The zero-order chi connectivity index (χ0) is 17.9. The Morgan fingerprint density at radius 1 is 1.16 bits per heavy atom. The molecule has 1 aliphatic heterocycles. The SMILES string of the molecule is CN=C(NCCC1CCCC(C)C1)N1CCC(OCCCOC)CC1. The van der Waals surface area contributed by atoms with Gasteiger partial charge in [-0.25, -0.2) is 0 Å². The van der Waals surface area contributed by atoms with E-state index in [0.29, 0.717) is 6.10 Å². The van der Waals surface area contributed by atoms with Crippen molar-refractivity contribution in [1.29, 1.82) is 0 Å². The summed E-state index contributed by atoms with van der Waals surface area (Å²) >= 11 is 0. The Balaban J connectivity index is 1.61. The molecule has 146 valence electrons. The smallest absolute Gasteiger partial charge is 0.193 e. The maximum absolute atomic E-state index is 5.95. The zero-order valence-corrected chi connectivity index (χ0v) is 16.6. The lowest BCUT2D eigenvalue weighted by molar-refractivity contribution is 0.00990. The van der Waals surface area contributed by atoms with E-state index in [1.54, 1.807) is 7.11 Å². The number of ether oxygens (including phenoxy) is 2. The Bertz CT molecular complexity index is 381. The van der Waals surface area contributed by atoms with Crippen LogP contribution in [0, 0.1) is 11.8 Å². The third kappa shape index (κ3) is 7.53. The fraction of sp³-hybridized carbons (Fsp3) is 0.950. The maximum Gasteiger partial charge on any atom is 0.193 e. The molecular formula is C20H39N3O2. The molecule has 0 aromatic heterocycles. The Labute approximate surface area is 154 Å². The highest BCUT2D eigenvalue weighted by Crippen LogP contribution is 2.30. The van der Waals surface area contributed by atoms with E-state index >= 15 is 0 Å². The van der Waals surface area contributed by atoms with E-state index in [1.807, 2.05) is 7.05 Å². The number of piperidine rings is 1. The van der Waals surface area contributed by atoms with E-state index < -0.39 is 0 Å². The van der Waals surface area contributed by atoms with Crippen LogP contribution in [0.4, 0.5) is 0 Å². The highest BCUT2D eigenvalue weighted by Gasteiger charge is 2.22. The molecule has 5 heteroatoms. The van der Waals surface area contributed by atoms with E-state index in [-0.39, 0.29) is 0 Å². The number of methoxy groups -OCH3 is 1. The van der Waals surface area contributed by atoms with E-state index in [4.69, 9.17) is 9.47 Å². The molecule has 0 spiro atoms. The zero-order valence-electron chi connectivity index (χ0n) is 16.6. The number of likely N-dealkylation sites (tertiary alicyclic amines) is 1. The molecule has 0 amide bonds. The van der Waals surface area contributed by atoms with Gasteiger partial charge in [0.15, 0.2) is 5.96 Å². The van der Waals surface area contributed by atoms with Crippen molar-refractivity contribution in [3.8, 4) is 0 Å². The molecule has 1 saturated heterocycles. The minimum atomic E-state index is 0.398. The van der Waals surface area contributed by atoms with Crippen molar-refractivity contribution in [2.45, 2.75) is 64.4 Å². The average Bonchev–Trinajstić information content (AvgIpc) is 2.63. The van der Waals surface area contributed by atoms with Crippen molar-refractivity contribution in [3.05, 3.63) is 0 Å². The first kappa shape index (κ1) is 20.5. The van der Waals surface area contributed by atoms with Crippen LogP contribution in [-0.4, -0.2) is 64.0 Å². The maximum atomic E-state index is 5.95. The molecule has 1 N–H and O–H groups in total. The molecule has 2 rings (SSSR count). The molecule has 2 atom stereocenters. The minimum Gasteiger partial charge on any atom is -0.385 e. The molecule has 0 aromatic rings. The Kier molecular flexibility index (Phi) is 9.63. The molecule has 5 nitrogen and oxygen atoms in total. The van der Waals surface area contributed by atoms with Crippen molar-refractivity contribution >= 4 is 5.96 Å². The van der Waals surface area contributed by atoms with Gasteiger partial charge in [0.25, 0.3) is 0 Å². The van der Waals surface area contributed by atoms with Gasteiger partial charge in [-0.05, 0) is 43.9 Å². The lowest BCUT2D eigenvalue weighted by Crippen LogP contribution is -2.47. The molecule has 2 fully saturated rings. The molecule has 1 aliphatic carbocycles. The van der Waals surface area contributed by atoms with Crippen molar-refractivity contribution in [2.24, 2.45) is 16.8 Å². The predicted molar refractivity (Wildman–Crippen MR) is 104 cm³/mol. The highest BCUT2D eigenvalue weighted by atomic mass is 16.5. The van der Waals surface area contributed by atoms with Crippen LogP contribution >= 0.6 is 0 Å². The molecule has 0 aromatic carbocycles. The van der Waals surface area contributed by atoms with Crippen molar-refractivity contribution in [1.82, 2.24) is 10.2 Å². The van der Waals surface area contributed by atoms with Crippen LogP contribution in [0.5, 0.6) is 0 Å². The summed E-state index contributed by atoms with van der Waals surface area (Å²) in [5.41, 5.74) is 0. The summed E-state index contributed by atoms with van der Waals surface area (Å²) in [5.74, 6) is 2.89. The number of nitrogens with one attached hydrogen (secondary N) is 1. The first-order valence-electron chi connectivity index (χ1n) is 10.3. The van der Waals surface area contributed by atoms with Crippen LogP contribution in [-0.2, 0) is 9.47 Å². The number of hydrogen-bond donors (Lipinski definition) is 1. The fourth-order valence-electron chi connectivity index (χ4n) is 4.23. The quantitative estimate of drug-likeness (QED) is 0.413. The Morgan fingerprint density at radius 3 is 2.64 bits per heavy atom. The molecule has 1 heterocycles. The molecular weight excluding hydrogens is 314 g/mol. The number of hydrogen-bond acceptors (Lipinski definition) is 3. The van der Waals surface area contributed by atoms with Gasteiger partial charge in [-0.1, -0.05) is 26.2 Å². The van der Waals surface area contributed by atoms with Crippen molar-refractivity contribution in [2.75, 3.05) is 47.0 Å². The average molecular weight is 354 g/mol. The van der Waals surface area contributed by atoms with Crippen LogP contribution < -0.4 is 5.32 Å². The second kappa shape index (κ2) is 11.7. The topological polar surface area (TPSA) is 46.1 Å². The van der Waals surface area contributed by atoms with Crippen LogP contribution in [0.3, 0.4) is 0 Å². The van der Waals surface area contributed by atoms with Gasteiger partial charge in [-0.2, -0.15) is 0 Å². The van der Waals surface area contributed by atoms with Gasteiger partial charge >= 0.3 is 0 Å². The number of guanidine groups is 1. The second-order valence-electron chi connectivity index (χ2n) is 7.80. The third-order valence-corrected chi connectivity index (χ3v) is 5.68. The molecule has 0 radical (unpaired) electrons. The van der Waals surface area contributed by atoms with Crippen molar-refractivity contribution in [3.63, 3.8) is 0 Å². The van der Waals surface area contributed by atoms with Crippen LogP contribution in [0.1, 0.15) is 58.3 Å². The summed E-state index contributed by atoms with van der Waals surface area (Å²) in [6.45, 7) is 7.13. The van der Waals surface area contributed by atoms with Crippen LogP contribution in [0.15, 0.2) is 4.99 Å². The van der Waals surface area contributed by atoms with E-state index in [2.05, 4.69) is 22.1 Å². The van der Waals surface area contributed by atoms with Gasteiger partial charge in [-0.15, -0.1) is 0 Å². The third-order valence-electron chi connectivity index (χ3n) is 5.68. The summed E-state index contributed by atoms with van der Waals surface area (Å²) in [5, 5.41) is 3.59. The summed E-state index contributed by atoms with van der Waals surface area (Å²) in [4.78, 5) is 6.88. The predicted octanol–water partition coefficient (Wildman–Crippen LogP) is 3.30. The number of nitrogens with zero attached hydrogens (tertiary/aromatic N) is 2. The van der Waals surface area contributed by atoms with E-state index in [1.165, 1.54) is 32.1 Å². The Hall–Kier alpha value is -0.810.